The van der Waals surface area contributed by atoms with Gasteiger partial charge in [0.1, 0.15) is 0 Å². The van der Waals surface area contributed by atoms with Gasteiger partial charge in [-0.3, -0.25) is 0 Å². The Labute approximate surface area is 117 Å². The molecule has 0 bridgehead atoms. The first kappa shape index (κ1) is 13.2. The molecule has 0 spiro atoms. The van der Waals surface area contributed by atoms with Crippen molar-refractivity contribution in [1.29, 1.82) is 0 Å². The molecule has 2 heteroatoms. The highest BCUT2D eigenvalue weighted by molar-refractivity contribution is 9.10. The molecule has 0 saturated carbocycles. The van der Waals surface area contributed by atoms with Crippen LogP contribution in [0.1, 0.15) is 18.9 Å². The van der Waals surface area contributed by atoms with Crippen molar-refractivity contribution in [3.05, 3.63) is 64.6 Å². The Bertz CT molecular complexity index is 481. The first-order valence-electron chi connectivity index (χ1n) is 6.30. The molecule has 0 aromatic heterocycles. The molecule has 0 heterocycles. The molecule has 94 valence electrons. The zero-order chi connectivity index (χ0) is 12.8. The summed E-state index contributed by atoms with van der Waals surface area (Å²) in [5.74, 6) is 0. The predicted molar refractivity (Wildman–Crippen MR) is 82.0 cm³/mol. The molecule has 0 aliphatic heterocycles. The molecular formula is C16H18BrN. The summed E-state index contributed by atoms with van der Waals surface area (Å²) in [4.78, 5) is 0. The minimum Gasteiger partial charge on any atom is -0.382 e. The average Bonchev–Trinajstić information content (AvgIpc) is 2.40. The zero-order valence-corrected chi connectivity index (χ0v) is 12.2. The molecule has 2 aromatic carbocycles. The van der Waals surface area contributed by atoms with Crippen LogP contribution >= 0.6 is 15.9 Å². The van der Waals surface area contributed by atoms with E-state index in [0.717, 1.165) is 23.0 Å². The molecule has 2 aromatic rings. The van der Waals surface area contributed by atoms with E-state index in [1.165, 1.54) is 5.56 Å². The van der Waals surface area contributed by atoms with Crippen molar-refractivity contribution in [3.63, 3.8) is 0 Å². The third-order valence-corrected chi connectivity index (χ3v) is 3.68. The first-order valence-corrected chi connectivity index (χ1v) is 7.10. The highest BCUT2D eigenvalue weighted by Crippen LogP contribution is 2.22. The van der Waals surface area contributed by atoms with Gasteiger partial charge < -0.3 is 5.32 Å². The van der Waals surface area contributed by atoms with Gasteiger partial charge in [0.05, 0.1) is 0 Å². The van der Waals surface area contributed by atoms with Crippen LogP contribution in [0.4, 0.5) is 5.69 Å². The summed E-state index contributed by atoms with van der Waals surface area (Å²) in [5, 5.41) is 3.53. The Morgan fingerprint density at radius 3 is 2.39 bits per heavy atom. The van der Waals surface area contributed by atoms with Gasteiger partial charge in [0, 0.05) is 16.2 Å². The smallest absolute Gasteiger partial charge is 0.0486 e. The monoisotopic (exact) mass is 303 g/mol. The molecule has 1 unspecified atom stereocenters. The van der Waals surface area contributed by atoms with E-state index in [1.54, 1.807) is 0 Å². The van der Waals surface area contributed by atoms with Crippen LogP contribution in [0.5, 0.6) is 0 Å². The van der Waals surface area contributed by atoms with E-state index >= 15 is 0 Å². The van der Waals surface area contributed by atoms with E-state index in [0.29, 0.717) is 6.04 Å². The van der Waals surface area contributed by atoms with Gasteiger partial charge in [-0.1, -0.05) is 42.5 Å². The molecule has 1 N–H and O–H groups in total. The second kappa shape index (κ2) is 6.60. The van der Waals surface area contributed by atoms with Crippen LogP contribution in [0.25, 0.3) is 0 Å². The molecule has 0 aliphatic rings. The van der Waals surface area contributed by atoms with Crippen molar-refractivity contribution in [3.8, 4) is 0 Å². The lowest BCUT2D eigenvalue weighted by Crippen LogP contribution is -2.16. The topological polar surface area (TPSA) is 12.0 Å². The number of hydrogen-bond acceptors (Lipinski definition) is 1. The number of nitrogens with one attached hydrogen (secondary N) is 1. The Kier molecular flexibility index (Phi) is 4.82. The van der Waals surface area contributed by atoms with Crippen LogP contribution in [0.15, 0.2) is 59.1 Å². The Balaban J connectivity index is 1.86. The fourth-order valence-corrected chi connectivity index (χ4v) is 2.34. The van der Waals surface area contributed by atoms with Gasteiger partial charge in [0.25, 0.3) is 0 Å². The molecule has 0 fully saturated rings. The summed E-state index contributed by atoms with van der Waals surface area (Å²) >= 11 is 3.56. The van der Waals surface area contributed by atoms with Gasteiger partial charge in [-0.25, -0.2) is 0 Å². The van der Waals surface area contributed by atoms with Gasteiger partial charge in [0.2, 0.25) is 0 Å². The molecule has 1 atom stereocenters. The Hall–Kier alpha value is -1.28. The van der Waals surface area contributed by atoms with E-state index < -0.39 is 0 Å². The van der Waals surface area contributed by atoms with Gasteiger partial charge in [-0.15, -0.1) is 0 Å². The summed E-state index contributed by atoms with van der Waals surface area (Å²) in [5.41, 5.74) is 2.57. The predicted octanol–water partition coefficient (Wildman–Crippen LogP) is 4.88. The minimum atomic E-state index is 0.462. The van der Waals surface area contributed by atoms with Gasteiger partial charge in [-0.05, 0) is 53.4 Å². The van der Waals surface area contributed by atoms with E-state index in [1.807, 2.05) is 6.07 Å². The quantitative estimate of drug-likeness (QED) is 0.830. The minimum absolute atomic E-state index is 0.462. The molecule has 2 rings (SSSR count). The van der Waals surface area contributed by atoms with Crippen LogP contribution in [-0.2, 0) is 6.42 Å². The standard InChI is InChI=1S/C16H18BrN/c1-13(11-12-14-7-3-2-4-8-14)18-16-10-6-5-9-15(16)17/h2-10,13,18H,11-12H2,1H3. The van der Waals surface area contributed by atoms with Crippen LogP contribution < -0.4 is 5.32 Å². The van der Waals surface area contributed by atoms with Crippen molar-refractivity contribution in [2.75, 3.05) is 5.32 Å². The van der Waals surface area contributed by atoms with E-state index in [-0.39, 0.29) is 0 Å². The first-order chi connectivity index (χ1) is 8.75. The summed E-state index contributed by atoms with van der Waals surface area (Å²) in [7, 11) is 0. The van der Waals surface area contributed by atoms with E-state index in [4.69, 9.17) is 0 Å². The molecule has 0 saturated heterocycles. The zero-order valence-electron chi connectivity index (χ0n) is 10.6. The van der Waals surface area contributed by atoms with Gasteiger partial charge in [-0.2, -0.15) is 0 Å². The van der Waals surface area contributed by atoms with Crippen molar-refractivity contribution in [2.24, 2.45) is 0 Å². The highest BCUT2D eigenvalue weighted by atomic mass is 79.9. The number of halogens is 1. The lowest BCUT2D eigenvalue weighted by atomic mass is 10.1. The lowest BCUT2D eigenvalue weighted by Gasteiger charge is -2.16. The van der Waals surface area contributed by atoms with Crippen LogP contribution in [-0.4, -0.2) is 6.04 Å². The van der Waals surface area contributed by atoms with E-state index in [2.05, 4.69) is 76.7 Å². The molecule has 0 radical (unpaired) electrons. The van der Waals surface area contributed by atoms with Crippen molar-refractivity contribution < 1.29 is 0 Å². The van der Waals surface area contributed by atoms with Crippen LogP contribution in [0, 0.1) is 0 Å². The molecule has 18 heavy (non-hydrogen) atoms. The third kappa shape index (κ3) is 3.88. The van der Waals surface area contributed by atoms with Crippen LogP contribution in [0.3, 0.4) is 0 Å². The average molecular weight is 304 g/mol. The summed E-state index contributed by atoms with van der Waals surface area (Å²) < 4.78 is 1.12. The summed E-state index contributed by atoms with van der Waals surface area (Å²) in [6.45, 7) is 2.22. The van der Waals surface area contributed by atoms with Crippen LogP contribution in [0.2, 0.25) is 0 Å². The number of para-hydroxylation sites is 1. The number of anilines is 1. The van der Waals surface area contributed by atoms with Crippen molar-refractivity contribution >= 4 is 21.6 Å². The number of rotatable bonds is 5. The van der Waals surface area contributed by atoms with E-state index in [9.17, 15) is 0 Å². The fourth-order valence-electron chi connectivity index (χ4n) is 1.94. The molecule has 0 amide bonds. The Morgan fingerprint density at radius 2 is 1.67 bits per heavy atom. The van der Waals surface area contributed by atoms with Gasteiger partial charge >= 0.3 is 0 Å². The maximum absolute atomic E-state index is 3.56. The largest absolute Gasteiger partial charge is 0.382 e. The number of benzene rings is 2. The second-order valence-corrected chi connectivity index (χ2v) is 5.40. The Morgan fingerprint density at radius 1 is 1.00 bits per heavy atom. The maximum Gasteiger partial charge on any atom is 0.0486 e. The SMILES string of the molecule is CC(CCc1ccccc1)Nc1ccccc1Br. The lowest BCUT2D eigenvalue weighted by molar-refractivity contribution is 0.706. The normalized spacial score (nSPS) is 12.1. The molecule has 0 aliphatic carbocycles. The van der Waals surface area contributed by atoms with Crippen molar-refractivity contribution in [1.82, 2.24) is 0 Å². The van der Waals surface area contributed by atoms with Gasteiger partial charge in [0.15, 0.2) is 0 Å². The summed E-state index contributed by atoms with van der Waals surface area (Å²) in [6, 6.07) is 19.3. The second-order valence-electron chi connectivity index (χ2n) is 4.55. The molecular weight excluding hydrogens is 286 g/mol. The highest BCUT2D eigenvalue weighted by Gasteiger charge is 2.04. The third-order valence-electron chi connectivity index (χ3n) is 2.98. The van der Waals surface area contributed by atoms with Crippen molar-refractivity contribution in [2.45, 2.75) is 25.8 Å². The summed E-state index contributed by atoms with van der Waals surface area (Å²) in [6.07, 6.45) is 2.24. The number of hydrogen-bond donors (Lipinski definition) is 1. The maximum atomic E-state index is 3.56. The number of aryl methyl sites for hydroxylation is 1. The fraction of sp³-hybridized carbons (Fsp3) is 0.250. The molecule has 1 nitrogen and oxygen atoms in total.